The molecule has 1 aliphatic rings. The fraction of sp³-hybridized carbons (Fsp3) is 0.250. The van der Waals surface area contributed by atoms with Gasteiger partial charge in [-0.05, 0) is 29.8 Å². The highest BCUT2D eigenvalue weighted by Gasteiger charge is 2.22. The number of rotatable bonds is 6. The third kappa shape index (κ3) is 6.20. The molecule has 0 unspecified atom stereocenters. The summed E-state index contributed by atoms with van der Waals surface area (Å²) in [5.41, 5.74) is 5.74. The van der Waals surface area contributed by atoms with E-state index in [0.717, 1.165) is 31.5 Å². The molecule has 0 atom stereocenters. The second kappa shape index (κ2) is 10.8. The molecule has 8 nitrogen and oxygen atoms in total. The van der Waals surface area contributed by atoms with Gasteiger partial charge >= 0.3 is 0 Å². The van der Waals surface area contributed by atoms with Gasteiger partial charge in [-0.25, -0.2) is 0 Å². The van der Waals surface area contributed by atoms with Crippen LogP contribution in [0.5, 0.6) is 5.75 Å². The molecule has 1 fully saturated rings. The number of hydrogen-bond acceptors (Lipinski definition) is 6. The zero-order chi connectivity index (χ0) is 23.0. The number of piperidine rings is 1. The minimum Gasteiger partial charge on any atom is -0.489 e. The van der Waals surface area contributed by atoms with Crippen LogP contribution in [0.4, 0.5) is 5.82 Å². The number of para-hydroxylation sites is 1. The van der Waals surface area contributed by atoms with E-state index in [9.17, 15) is 9.59 Å². The Hall–Kier alpha value is -3.65. The van der Waals surface area contributed by atoms with Crippen LogP contribution >= 0.6 is 11.6 Å². The first kappa shape index (κ1) is 22.5. The van der Waals surface area contributed by atoms with E-state index in [1.54, 1.807) is 12.1 Å². The molecule has 4 rings (SSSR count). The SMILES string of the molecule is O=C(Cc1ccccc1)NNC(=O)c1ccc(N2CCC(Oc3ccccc3Cl)CC2)nn1. The van der Waals surface area contributed by atoms with Crippen molar-refractivity contribution in [3.63, 3.8) is 0 Å². The van der Waals surface area contributed by atoms with Gasteiger partial charge < -0.3 is 9.64 Å². The van der Waals surface area contributed by atoms with Crippen LogP contribution in [0.15, 0.2) is 66.7 Å². The van der Waals surface area contributed by atoms with Gasteiger partial charge in [0, 0.05) is 25.9 Å². The summed E-state index contributed by atoms with van der Waals surface area (Å²) >= 11 is 6.17. The molecule has 33 heavy (non-hydrogen) atoms. The summed E-state index contributed by atoms with van der Waals surface area (Å²) in [7, 11) is 0. The second-order valence-electron chi connectivity index (χ2n) is 7.68. The number of anilines is 1. The maximum absolute atomic E-state index is 12.3. The second-order valence-corrected chi connectivity index (χ2v) is 8.08. The third-order valence-electron chi connectivity index (χ3n) is 5.30. The summed E-state index contributed by atoms with van der Waals surface area (Å²) in [6.07, 6.45) is 1.89. The highest BCUT2D eigenvalue weighted by molar-refractivity contribution is 6.32. The number of nitrogens with zero attached hydrogens (tertiary/aromatic N) is 3. The van der Waals surface area contributed by atoms with E-state index in [-0.39, 0.29) is 24.1 Å². The fourth-order valence-corrected chi connectivity index (χ4v) is 3.73. The number of aromatic nitrogens is 2. The van der Waals surface area contributed by atoms with Gasteiger partial charge in [-0.1, -0.05) is 54.1 Å². The van der Waals surface area contributed by atoms with E-state index >= 15 is 0 Å². The molecule has 170 valence electrons. The van der Waals surface area contributed by atoms with E-state index in [1.165, 1.54) is 0 Å². The van der Waals surface area contributed by atoms with Crippen LogP contribution < -0.4 is 20.5 Å². The average molecular weight is 466 g/mol. The van der Waals surface area contributed by atoms with Crippen molar-refractivity contribution >= 4 is 29.2 Å². The maximum atomic E-state index is 12.3. The molecule has 2 amide bonds. The summed E-state index contributed by atoms with van der Waals surface area (Å²) in [5, 5.41) is 8.80. The molecule has 2 heterocycles. The number of hydrazine groups is 1. The highest BCUT2D eigenvalue weighted by atomic mass is 35.5. The van der Waals surface area contributed by atoms with Gasteiger partial charge in [-0.15, -0.1) is 10.2 Å². The van der Waals surface area contributed by atoms with Gasteiger partial charge in [0.25, 0.3) is 5.91 Å². The molecule has 0 bridgehead atoms. The Kier molecular flexibility index (Phi) is 7.36. The van der Waals surface area contributed by atoms with Crippen LogP contribution in [-0.2, 0) is 11.2 Å². The van der Waals surface area contributed by atoms with Gasteiger partial charge in [-0.3, -0.25) is 20.4 Å². The van der Waals surface area contributed by atoms with Crippen LogP contribution in [0, 0.1) is 0 Å². The van der Waals surface area contributed by atoms with Crippen LogP contribution in [0.2, 0.25) is 5.02 Å². The van der Waals surface area contributed by atoms with Crippen molar-refractivity contribution in [3.05, 3.63) is 83.0 Å². The summed E-state index contributed by atoms with van der Waals surface area (Å²) in [5.74, 6) is 0.544. The van der Waals surface area contributed by atoms with Gasteiger partial charge in [-0.2, -0.15) is 0 Å². The first-order chi connectivity index (χ1) is 16.1. The molecule has 1 saturated heterocycles. The van der Waals surface area contributed by atoms with Crippen LogP contribution in [0.1, 0.15) is 28.9 Å². The summed E-state index contributed by atoms with van der Waals surface area (Å²) in [6, 6.07) is 20.1. The Balaban J connectivity index is 1.24. The highest BCUT2D eigenvalue weighted by Crippen LogP contribution is 2.27. The van der Waals surface area contributed by atoms with Crippen molar-refractivity contribution in [1.82, 2.24) is 21.0 Å². The van der Waals surface area contributed by atoms with Crippen molar-refractivity contribution in [2.45, 2.75) is 25.4 Å². The molecule has 3 aromatic rings. The standard InChI is InChI=1S/C24H24ClN5O3/c25-19-8-4-5-9-21(19)33-18-12-14-30(15-13-18)22-11-10-20(26-27-22)24(32)29-28-23(31)16-17-6-2-1-3-7-17/h1-11,18H,12-16H2,(H,28,31)(H,29,32). The normalized spacial score (nSPS) is 13.9. The van der Waals surface area contributed by atoms with Crippen molar-refractivity contribution < 1.29 is 14.3 Å². The lowest BCUT2D eigenvalue weighted by Gasteiger charge is -2.32. The van der Waals surface area contributed by atoms with E-state index in [0.29, 0.717) is 16.6 Å². The minimum absolute atomic E-state index is 0.0821. The fourth-order valence-electron chi connectivity index (χ4n) is 3.55. The molecule has 0 spiro atoms. The molecule has 1 aromatic heterocycles. The van der Waals surface area contributed by atoms with Crippen LogP contribution in [-0.4, -0.2) is 41.2 Å². The smallest absolute Gasteiger partial charge is 0.290 e. The lowest BCUT2D eigenvalue weighted by Crippen LogP contribution is -2.43. The Morgan fingerprint density at radius 2 is 1.67 bits per heavy atom. The topological polar surface area (TPSA) is 96.5 Å². The first-order valence-electron chi connectivity index (χ1n) is 10.7. The Morgan fingerprint density at radius 1 is 0.939 bits per heavy atom. The Bertz CT molecular complexity index is 1090. The molecule has 9 heteroatoms. The molecule has 0 aliphatic carbocycles. The van der Waals surface area contributed by atoms with E-state index in [4.69, 9.17) is 16.3 Å². The minimum atomic E-state index is -0.526. The molecule has 1 aliphatic heterocycles. The van der Waals surface area contributed by atoms with Gasteiger partial charge in [0.2, 0.25) is 5.91 Å². The van der Waals surface area contributed by atoms with Crippen LogP contribution in [0.25, 0.3) is 0 Å². The predicted octanol–water partition coefficient (Wildman–Crippen LogP) is 3.18. The lowest BCUT2D eigenvalue weighted by atomic mass is 10.1. The average Bonchev–Trinajstić information content (AvgIpc) is 2.85. The molecule has 0 saturated carbocycles. The molecule has 2 N–H and O–H groups in total. The zero-order valence-electron chi connectivity index (χ0n) is 17.9. The summed E-state index contributed by atoms with van der Waals surface area (Å²) in [6.45, 7) is 1.51. The largest absolute Gasteiger partial charge is 0.489 e. The molecule has 0 radical (unpaired) electrons. The number of hydrogen-bond donors (Lipinski definition) is 2. The van der Waals surface area contributed by atoms with E-state index in [2.05, 4.69) is 25.9 Å². The van der Waals surface area contributed by atoms with Gasteiger partial charge in [0.05, 0.1) is 11.4 Å². The Labute approximate surface area is 196 Å². The number of carbonyl (C=O) groups is 2. The molecule has 2 aromatic carbocycles. The number of carbonyl (C=O) groups excluding carboxylic acids is 2. The quantitative estimate of drug-likeness (QED) is 0.543. The van der Waals surface area contributed by atoms with E-state index < -0.39 is 5.91 Å². The maximum Gasteiger partial charge on any atom is 0.290 e. The lowest BCUT2D eigenvalue weighted by molar-refractivity contribution is -0.121. The number of nitrogens with one attached hydrogen (secondary N) is 2. The van der Waals surface area contributed by atoms with Crippen molar-refractivity contribution in [3.8, 4) is 5.75 Å². The van der Waals surface area contributed by atoms with Gasteiger partial charge in [0.15, 0.2) is 11.5 Å². The molecular formula is C24H24ClN5O3. The van der Waals surface area contributed by atoms with E-state index in [1.807, 2.05) is 54.6 Å². The summed E-state index contributed by atoms with van der Waals surface area (Å²) < 4.78 is 6.02. The monoisotopic (exact) mass is 465 g/mol. The number of benzene rings is 2. The number of ether oxygens (including phenoxy) is 1. The van der Waals surface area contributed by atoms with Crippen molar-refractivity contribution in [2.24, 2.45) is 0 Å². The zero-order valence-corrected chi connectivity index (χ0v) is 18.7. The first-order valence-corrected chi connectivity index (χ1v) is 11.1. The Morgan fingerprint density at radius 3 is 2.36 bits per heavy atom. The number of amides is 2. The van der Waals surface area contributed by atoms with Crippen molar-refractivity contribution in [2.75, 3.05) is 18.0 Å². The summed E-state index contributed by atoms with van der Waals surface area (Å²) in [4.78, 5) is 26.3. The number of halogens is 1. The van der Waals surface area contributed by atoms with Crippen LogP contribution in [0.3, 0.4) is 0 Å². The van der Waals surface area contributed by atoms with Crippen molar-refractivity contribution in [1.29, 1.82) is 0 Å². The predicted molar refractivity (Wildman–Crippen MR) is 125 cm³/mol. The van der Waals surface area contributed by atoms with Gasteiger partial charge in [0.1, 0.15) is 11.9 Å². The third-order valence-corrected chi connectivity index (χ3v) is 5.61. The molecular weight excluding hydrogens is 442 g/mol.